The SMILES string of the molecule is CNCC1CCCN1C(=O)c1ccc(Cl)c(C)c1.Cl. The number of nitrogens with zero attached hydrogens (tertiary/aromatic N) is 1. The van der Waals surface area contributed by atoms with Gasteiger partial charge in [0.05, 0.1) is 0 Å². The topological polar surface area (TPSA) is 32.3 Å². The molecule has 1 aliphatic rings. The lowest BCUT2D eigenvalue weighted by molar-refractivity contribution is 0.0737. The molecule has 1 N–H and O–H groups in total. The third-order valence-electron chi connectivity index (χ3n) is 3.48. The van der Waals surface area contributed by atoms with Crippen molar-refractivity contribution in [2.75, 3.05) is 20.1 Å². The van der Waals surface area contributed by atoms with Crippen molar-refractivity contribution in [3.63, 3.8) is 0 Å². The fourth-order valence-corrected chi connectivity index (χ4v) is 2.61. The van der Waals surface area contributed by atoms with Crippen LogP contribution in [0.15, 0.2) is 18.2 Å². The number of likely N-dealkylation sites (N-methyl/N-ethyl adjacent to an activating group) is 1. The summed E-state index contributed by atoms with van der Waals surface area (Å²) in [5.41, 5.74) is 1.69. The second kappa shape index (κ2) is 7.13. The highest BCUT2D eigenvalue weighted by Crippen LogP contribution is 2.22. The Morgan fingerprint density at radius 1 is 1.53 bits per heavy atom. The van der Waals surface area contributed by atoms with E-state index in [0.717, 1.165) is 37.1 Å². The largest absolute Gasteiger partial charge is 0.334 e. The van der Waals surface area contributed by atoms with Crippen molar-refractivity contribution in [2.24, 2.45) is 0 Å². The van der Waals surface area contributed by atoms with Gasteiger partial charge in [-0.2, -0.15) is 0 Å². The van der Waals surface area contributed by atoms with Crippen LogP contribution in [0.3, 0.4) is 0 Å². The van der Waals surface area contributed by atoms with Crippen LogP contribution in [0.4, 0.5) is 0 Å². The number of hydrogen-bond acceptors (Lipinski definition) is 2. The summed E-state index contributed by atoms with van der Waals surface area (Å²) in [4.78, 5) is 14.4. The molecule has 1 amide bonds. The number of carbonyl (C=O) groups is 1. The smallest absolute Gasteiger partial charge is 0.254 e. The zero-order valence-electron chi connectivity index (χ0n) is 11.3. The maximum atomic E-state index is 12.5. The molecular formula is C14H20Cl2N2O. The van der Waals surface area contributed by atoms with Crippen LogP contribution in [-0.2, 0) is 0 Å². The van der Waals surface area contributed by atoms with Crippen molar-refractivity contribution in [1.29, 1.82) is 0 Å². The molecule has 2 rings (SSSR count). The minimum absolute atomic E-state index is 0. The number of rotatable bonds is 3. The summed E-state index contributed by atoms with van der Waals surface area (Å²) in [6.45, 7) is 3.64. The van der Waals surface area contributed by atoms with E-state index in [1.54, 1.807) is 6.07 Å². The van der Waals surface area contributed by atoms with Gasteiger partial charge in [0.2, 0.25) is 0 Å². The summed E-state index contributed by atoms with van der Waals surface area (Å²) in [5, 5.41) is 3.86. The monoisotopic (exact) mass is 302 g/mol. The van der Waals surface area contributed by atoms with E-state index in [2.05, 4.69) is 5.32 Å². The second-order valence-corrected chi connectivity index (χ2v) is 5.22. The normalized spacial score (nSPS) is 18.3. The Morgan fingerprint density at radius 2 is 2.26 bits per heavy atom. The van der Waals surface area contributed by atoms with E-state index in [-0.39, 0.29) is 18.3 Å². The minimum Gasteiger partial charge on any atom is -0.334 e. The van der Waals surface area contributed by atoms with E-state index in [4.69, 9.17) is 11.6 Å². The maximum absolute atomic E-state index is 12.5. The predicted octanol–water partition coefficient (Wildman–Crippen LogP) is 2.89. The zero-order chi connectivity index (χ0) is 13.1. The quantitative estimate of drug-likeness (QED) is 0.931. The molecule has 0 aliphatic carbocycles. The third-order valence-corrected chi connectivity index (χ3v) is 3.91. The molecule has 1 fully saturated rings. The number of nitrogens with one attached hydrogen (secondary N) is 1. The number of hydrogen-bond donors (Lipinski definition) is 1. The molecule has 106 valence electrons. The number of likely N-dealkylation sites (tertiary alicyclic amines) is 1. The van der Waals surface area contributed by atoms with Crippen LogP contribution >= 0.6 is 24.0 Å². The lowest BCUT2D eigenvalue weighted by Crippen LogP contribution is -2.40. The van der Waals surface area contributed by atoms with Gasteiger partial charge in [-0.25, -0.2) is 0 Å². The van der Waals surface area contributed by atoms with E-state index in [1.807, 2.05) is 31.0 Å². The Morgan fingerprint density at radius 3 is 2.89 bits per heavy atom. The second-order valence-electron chi connectivity index (χ2n) is 4.82. The van der Waals surface area contributed by atoms with Gasteiger partial charge in [-0.1, -0.05) is 11.6 Å². The minimum atomic E-state index is 0. The van der Waals surface area contributed by atoms with Gasteiger partial charge >= 0.3 is 0 Å². The Labute approximate surface area is 125 Å². The highest BCUT2D eigenvalue weighted by atomic mass is 35.5. The number of amides is 1. The van der Waals surface area contributed by atoms with Crippen molar-refractivity contribution in [3.05, 3.63) is 34.3 Å². The van der Waals surface area contributed by atoms with Gasteiger partial charge in [-0.15, -0.1) is 12.4 Å². The Bertz CT molecular complexity index is 451. The molecule has 5 heteroatoms. The molecule has 0 radical (unpaired) electrons. The average Bonchev–Trinajstić information content (AvgIpc) is 2.80. The number of carbonyl (C=O) groups excluding carboxylic acids is 1. The number of halogens is 2. The molecule has 1 aromatic carbocycles. The van der Waals surface area contributed by atoms with Crippen LogP contribution < -0.4 is 5.32 Å². The molecule has 3 nitrogen and oxygen atoms in total. The Kier molecular flexibility index (Phi) is 6.11. The predicted molar refractivity (Wildman–Crippen MR) is 81.4 cm³/mol. The molecule has 19 heavy (non-hydrogen) atoms. The summed E-state index contributed by atoms with van der Waals surface area (Å²) in [5.74, 6) is 0.118. The first-order valence-corrected chi connectivity index (χ1v) is 6.73. The van der Waals surface area contributed by atoms with Gasteiger partial charge in [-0.3, -0.25) is 4.79 Å². The van der Waals surface area contributed by atoms with Crippen LogP contribution in [0.1, 0.15) is 28.8 Å². The molecular weight excluding hydrogens is 283 g/mol. The summed E-state index contributed by atoms with van der Waals surface area (Å²) in [7, 11) is 1.92. The zero-order valence-corrected chi connectivity index (χ0v) is 12.9. The van der Waals surface area contributed by atoms with Gasteiger partial charge in [-0.05, 0) is 50.6 Å². The molecule has 1 aliphatic heterocycles. The van der Waals surface area contributed by atoms with Crippen LogP contribution in [-0.4, -0.2) is 37.0 Å². The molecule has 1 heterocycles. The fraction of sp³-hybridized carbons (Fsp3) is 0.500. The van der Waals surface area contributed by atoms with Crippen LogP contribution in [0.2, 0.25) is 5.02 Å². The van der Waals surface area contributed by atoms with Crippen molar-refractivity contribution >= 4 is 29.9 Å². The van der Waals surface area contributed by atoms with E-state index < -0.39 is 0 Å². The summed E-state index contributed by atoms with van der Waals surface area (Å²) >= 11 is 5.99. The van der Waals surface area contributed by atoms with Gasteiger partial charge in [0, 0.05) is 29.7 Å². The molecule has 1 aromatic rings. The van der Waals surface area contributed by atoms with Crippen molar-refractivity contribution in [1.82, 2.24) is 10.2 Å². The molecule has 1 atom stereocenters. The molecule has 0 saturated carbocycles. The fourth-order valence-electron chi connectivity index (χ4n) is 2.49. The first-order valence-electron chi connectivity index (χ1n) is 6.35. The van der Waals surface area contributed by atoms with Crippen LogP contribution in [0.5, 0.6) is 0 Å². The Balaban J connectivity index is 0.00000180. The number of benzene rings is 1. The van der Waals surface area contributed by atoms with Crippen molar-refractivity contribution < 1.29 is 4.79 Å². The van der Waals surface area contributed by atoms with E-state index in [9.17, 15) is 4.79 Å². The van der Waals surface area contributed by atoms with Crippen LogP contribution in [0, 0.1) is 6.92 Å². The lowest BCUT2D eigenvalue weighted by atomic mass is 10.1. The van der Waals surface area contributed by atoms with Gasteiger partial charge in [0.15, 0.2) is 0 Å². The first-order chi connectivity index (χ1) is 8.63. The molecule has 0 aromatic heterocycles. The highest BCUT2D eigenvalue weighted by Gasteiger charge is 2.28. The Hall–Kier alpha value is -0.770. The standard InChI is InChI=1S/C14H19ClN2O.ClH/c1-10-8-11(5-6-13(10)15)14(18)17-7-3-4-12(17)9-16-2;/h5-6,8,12,16H,3-4,7,9H2,1-2H3;1H. The lowest BCUT2D eigenvalue weighted by Gasteiger charge is -2.24. The third kappa shape index (κ3) is 3.62. The van der Waals surface area contributed by atoms with Crippen LogP contribution in [0.25, 0.3) is 0 Å². The summed E-state index contributed by atoms with van der Waals surface area (Å²) in [6.07, 6.45) is 2.17. The van der Waals surface area contributed by atoms with E-state index >= 15 is 0 Å². The number of aryl methyl sites for hydroxylation is 1. The van der Waals surface area contributed by atoms with Gasteiger partial charge in [0.25, 0.3) is 5.91 Å². The van der Waals surface area contributed by atoms with Gasteiger partial charge in [0.1, 0.15) is 0 Å². The maximum Gasteiger partial charge on any atom is 0.254 e. The summed E-state index contributed by atoms with van der Waals surface area (Å²) in [6, 6.07) is 5.80. The van der Waals surface area contributed by atoms with Crippen molar-refractivity contribution in [2.45, 2.75) is 25.8 Å². The van der Waals surface area contributed by atoms with E-state index in [0.29, 0.717) is 11.1 Å². The van der Waals surface area contributed by atoms with Crippen molar-refractivity contribution in [3.8, 4) is 0 Å². The first kappa shape index (κ1) is 16.3. The molecule has 0 bridgehead atoms. The average molecular weight is 303 g/mol. The van der Waals surface area contributed by atoms with Gasteiger partial charge < -0.3 is 10.2 Å². The molecule has 1 unspecified atom stereocenters. The van der Waals surface area contributed by atoms with E-state index in [1.165, 1.54) is 0 Å². The molecule has 1 saturated heterocycles. The molecule has 0 spiro atoms. The summed E-state index contributed by atoms with van der Waals surface area (Å²) < 4.78 is 0. The highest BCUT2D eigenvalue weighted by molar-refractivity contribution is 6.31.